The van der Waals surface area contributed by atoms with Gasteiger partial charge in [0, 0.05) is 32.8 Å². The van der Waals surface area contributed by atoms with Crippen molar-refractivity contribution in [3.05, 3.63) is 0 Å². The van der Waals surface area contributed by atoms with Gasteiger partial charge in [0.15, 0.2) is 5.96 Å². The third-order valence-corrected chi connectivity index (χ3v) is 3.96. The number of hydrogen-bond donors (Lipinski definition) is 2. The molecule has 1 aliphatic rings. The van der Waals surface area contributed by atoms with E-state index in [4.69, 9.17) is 9.73 Å². The highest BCUT2D eigenvalue weighted by Gasteiger charge is 2.23. The zero-order valence-electron chi connectivity index (χ0n) is 14.2. The van der Waals surface area contributed by atoms with Gasteiger partial charge in [-0.25, -0.2) is 0 Å². The van der Waals surface area contributed by atoms with E-state index in [0.29, 0.717) is 6.04 Å². The molecule has 2 N–H and O–H groups in total. The van der Waals surface area contributed by atoms with Gasteiger partial charge in [-0.15, -0.1) is 0 Å². The van der Waals surface area contributed by atoms with Crippen LogP contribution in [0.4, 0.5) is 0 Å². The van der Waals surface area contributed by atoms with Crippen LogP contribution in [-0.2, 0) is 4.74 Å². The Bertz CT molecular complexity index is 283. The maximum atomic E-state index is 5.19. The fourth-order valence-corrected chi connectivity index (χ4v) is 2.73. The molecule has 0 spiro atoms. The summed E-state index contributed by atoms with van der Waals surface area (Å²) in [6.07, 6.45) is 6.28. The van der Waals surface area contributed by atoms with Crippen LogP contribution in [0.3, 0.4) is 0 Å². The van der Waals surface area contributed by atoms with Crippen LogP contribution < -0.4 is 10.6 Å². The smallest absolute Gasteiger partial charge is 0.191 e. The second kappa shape index (κ2) is 11.8. The molecule has 124 valence electrons. The number of aliphatic imine (C=N–C) groups is 1. The first-order chi connectivity index (χ1) is 10.3. The third kappa shape index (κ3) is 7.67. The van der Waals surface area contributed by atoms with Crippen LogP contribution in [0.5, 0.6) is 0 Å². The van der Waals surface area contributed by atoms with Crippen molar-refractivity contribution in [2.45, 2.75) is 52.0 Å². The molecule has 0 aromatic heterocycles. The Balaban J connectivity index is 2.36. The maximum Gasteiger partial charge on any atom is 0.191 e. The molecular weight excluding hydrogens is 264 g/mol. The van der Waals surface area contributed by atoms with Crippen LogP contribution in [0.15, 0.2) is 4.99 Å². The summed E-state index contributed by atoms with van der Waals surface area (Å²) >= 11 is 0. The standard InChI is InChI=1S/C16H34N4O/c1-4-6-7-10-18-16(17-5-2)19-14-15-9-8-11-20(15)12-13-21-3/h15H,4-14H2,1-3H3,(H2,17,18,19). The zero-order chi connectivity index (χ0) is 15.3. The molecule has 0 amide bonds. The van der Waals surface area contributed by atoms with Crippen LogP contribution in [-0.4, -0.2) is 63.3 Å². The number of nitrogens with one attached hydrogen (secondary N) is 2. The molecule has 1 rings (SSSR count). The van der Waals surface area contributed by atoms with Crippen molar-refractivity contribution in [1.82, 2.24) is 15.5 Å². The molecule has 1 fully saturated rings. The minimum absolute atomic E-state index is 0.575. The van der Waals surface area contributed by atoms with Crippen molar-refractivity contribution < 1.29 is 4.74 Å². The lowest BCUT2D eigenvalue weighted by molar-refractivity contribution is 0.142. The quantitative estimate of drug-likeness (QED) is 0.367. The summed E-state index contributed by atoms with van der Waals surface area (Å²) in [7, 11) is 1.77. The number of guanidine groups is 1. The molecule has 1 unspecified atom stereocenters. The van der Waals surface area contributed by atoms with Crippen molar-refractivity contribution in [3.63, 3.8) is 0 Å². The van der Waals surface area contributed by atoms with Crippen molar-refractivity contribution in [1.29, 1.82) is 0 Å². The van der Waals surface area contributed by atoms with Crippen LogP contribution in [0.2, 0.25) is 0 Å². The molecule has 0 bridgehead atoms. The Morgan fingerprint density at radius 2 is 2.14 bits per heavy atom. The van der Waals surface area contributed by atoms with Gasteiger partial charge >= 0.3 is 0 Å². The minimum atomic E-state index is 0.575. The molecule has 0 saturated carbocycles. The van der Waals surface area contributed by atoms with E-state index in [1.165, 1.54) is 38.6 Å². The van der Waals surface area contributed by atoms with Gasteiger partial charge in [0.05, 0.1) is 13.2 Å². The molecule has 0 radical (unpaired) electrons. The van der Waals surface area contributed by atoms with Gasteiger partial charge in [-0.2, -0.15) is 0 Å². The molecule has 21 heavy (non-hydrogen) atoms. The summed E-state index contributed by atoms with van der Waals surface area (Å²) in [4.78, 5) is 7.27. The molecule has 1 saturated heterocycles. The summed E-state index contributed by atoms with van der Waals surface area (Å²) in [5.74, 6) is 0.965. The molecule has 0 aromatic rings. The number of likely N-dealkylation sites (tertiary alicyclic amines) is 1. The van der Waals surface area contributed by atoms with Crippen molar-refractivity contribution in [2.24, 2.45) is 4.99 Å². The van der Waals surface area contributed by atoms with Gasteiger partial charge in [0.1, 0.15) is 0 Å². The van der Waals surface area contributed by atoms with Crippen LogP contribution >= 0.6 is 0 Å². The minimum Gasteiger partial charge on any atom is -0.383 e. The third-order valence-electron chi connectivity index (χ3n) is 3.96. The fourth-order valence-electron chi connectivity index (χ4n) is 2.73. The molecule has 1 atom stereocenters. The first kappa shape index (κ1) is 18.2. The van der Waals surface area contributed by atoms with E-state index < -0.39 is 0 Å². The molecule has 0 aromatic carbocycles. The molecular formula is C16H34N4O. The van der Waals surface area contributed by atoms with Gasteiger partial charge in [-0.1, -0.05) is 19.8 Å². The second-order valence-corrected chi connectivity index (χ2v) is 5.68. The molecule has 1 aliphatic heterocycles. The summed E-state index contributed by atoms with van der Waals surface area (Å²) in [6.45, 7) is 10.2. The van der Waals surface area contributed by atoms with Crippen molar-refractivity contribution in [2.75, 3.05) is 46.4 Å². The molecule has 1 heterocycles. The van der Waals surface area contributed by atoms with E-state index in [-0.39, 0.29) is 0 Å². The van der Waals surface area contributed by atoms with E-state index in [2.05, 4.69) is 29.4 Å². The number of nitrogens with zero attached hydrogens (tertiary/aromatic N) is 2. The number of methoxy groups -OCH3 is 1. The first-order valence-corrected chi connectivity index (χ1v) is 8.57. The predicted octanol–water partition coefficient (Wildman–Crippen LogP) is 1.84. The Hall–Kier alpha value is -0.810. The van der Waals surface area contributed by atoms with E-state index in [9.17, 15) is 0 Å². The second-order valence-electron chi connectivity index (χ2n) is 5.68. The summed E-state index contributed by atoms with van der Waals surface area (Å²) in [5, 5.41) is 6.77. The topological polar surface area (TPSA) is 48.9 Å². The van der Waals surface area contributed by atoms with E-state index in [1.54, 1.807) is 7.11 Å². The number of hydrogen-bond acceptors (Lipinski definition) is 3. The van der Waals surface area contributed by atoms with Gasteiger partial charge in [0.2, 0.25) is 0 Å². The lowest BCUT2D eigenvalue weighted by atomic mass is 10.2. The van der Waals surface area contributed by atoms with Crippen LogP contribution in [0, 0.1) is 0 Å². The van der Waals surface area contributed by atoms with Gasteiger partial charge in [-0.3, -0.25) is 9.89 Å². The molecule has 5 heteroatoms. The summed E-state index contributed by atoms with van der Waals surface area (Å²) < 4.78 is 5.19. The highest BCUT2D eigenvalue weighted by Crippen LogP contribution is 2.16. The van der Waals surface area contributed by atoms with Crippen LogP contribution in [0.1, 0.15) is 46.0 Å². The normalized spacial score (nSPS) is 20.0. The molecule has 5 nitrogen and oxygen atoms in total. The fraction of sp³-hybridized carbons (Fsp3) is 0.938. The average molecular weight is 298 g/mol. The van der Waals surface area contributed by atoms with Gasteiger partial charge in [-0.05, 0) is 32.7 Å². The van der Waals surface area contributed by atoms with Crippen molar-refractivity contribution in [3.8, 4) is 0 Å². The maximum absolute atomic E-state index is 5.19. The SMILES string of the molecule is CCCCCNC(=NCC1CCCN1CCOC)NCC. The zero-order valence-corrected chi connectivity index (χ0v) is 14.2. The average Bonchev–Trinajstić information content (AvgIpc) is 2.94. The largest absolute Gasteiger partial charge is 0.383 e. The Kier molecular flexibility index (Phi) is 10.3. The Morgan fingerprint density at radius 1 is 1.29 bits per heavy atom. The summed E-state index contributed by atoms with van der Waals surface area (Å²) in [6, 6.07) is 0.575. The van der Waals surface area contributed by atoms with E-state index in [0.717, 1.165) is 38.7 Å². The lowest BCUT2D eigenvalue weighted by Crippen LogP contribution is -2.40. The van der Waals surface area contributed by atoms with E-state index >= 15 is 0 Å². The van der Waals surface area contributed by atoms with E-state index in [1.807, 2.05) is 0 Å². The molecule has 0 aliphatic carbocycles. The van der Waals surface area contributed by atoms with Crippen LogP contribution in [0.25, 0.3) is 0 Å². The first-order valence-electron chi connectivity index (χ1n) is 8.57. The number of rotatable bonds is 10. The predicted molar refractivity (Wildman–Crippen MR) is 90.0 cm³/mol. The van der Waals surface area contributed by atoms with Gasteiger partial charge < -0.3 is 15.4 Å². The number of unbranched alkanes of at least 4 members (excludes halogenated alkanes) is 2. The monoisotopic (exact) mass is 298 g/mol. The van der Waals surface area contributed by atoms with Crippen molar-refractivity contribution >= 4 is 5.96 Å². The number of ether oxygens (including phenoxy) is 1. The van der Waals surface area contributed by atoms with Gasteiger partial charge in [0.25, 0.3) is 0 Å². The highest BCUT2D eigenvalue weighted by molar-refractivity contribution is 5.79. The summed E-state index contributed by atoms with van der Waals surface area (Å²) in [5.41, 5.74) is 0. The Morgan fingerprint density at radius 3 is 2.86 bits per heavy atom. The lowest BCUT2D eigenvalue weighted by Gasteiger charge is -2.23. The Labute approximate surface area is 130 Å². The highest BCUT2D eigenvalue weighted by atomic mass is 16.5.